The maximum absolute atomic E-state index is 12.3. The monoisotopic (exact) mass is 380 g/mol. The van der Waals surface area contributed by atoms with Crippen LogP contribution in [0.3, 0.4) is 0 Å². The molecule has 0 radical (unpaired) electrons. The van der Waals surface area contributed by atoms with E-state index >= 15 is 0 Å². The van der Waals surface area contributed by atoms with E-state index in [1.807, 2.05) is 0 Å². The highest BCUT2D eigenvalue weighted by Crippen LogP contribution is 2.24. The number of piperidine rings is 1. The Morgan fingerprint density at radius 1 is 1.12 bits per heavy atom. The van der Waals surface area contributed by atoms with Crippen LogP contribution in [0.1, 0.15) is 29.0 Å². The second-order valence-corrected chi connectivity index (χ2v) is 6.80. The fourth-order valence-corrected chi connectivity index (χ4v) is 3.45. The van der Waals surface area contributed by atoms with Gasteiger partial charge in [-0.25, -0.2) is 0 Å². The molecule has 1 aromatic carbocycles. The molecule has 132 valence electrons. The largest absolute Gasteiger partial charge is 0.459 e. The predicted octanol–water partition coefficient (Wildman–Crippen LogP) is 3.55. The van der Waals surface area contributed by atoms with Crippen LogP contribution >= 0.6 is 23.2 Å². The Bertz CT molecular complexity index is 733. The molecule has 2 amide bonds. The molecule has 2 heterocycles. The molecule has 2 aromatic rings. The van der Waals surface area contributed by atoms with E-state index in [1.165, 1.54) is 6.26 Å². The number of hydrogen-bond acceptors (Lipinski definition) is 3. The van der Waals surface area contributed by atoms with Crippen LogP contribution in [0.5, 0.6) is 0 Å². The van der Waals surface area contributed by atoms with Crippen LogP contribution in [0.15, 0.2) is 41.0 Å². The number of benzene rings is 1. The van der Waals surface area contributed by atoms with Crippen molar-refractivity contribution in [3.63, 3.8) is 0 Å². The van der Waals surface area contributed by atoms with Crippen molar-refractivity contribution in [1.82, 2.24) is 10.2 Å². The Morgan fingerprint density at radius 3 is 2.40 bits per heavy atom. The molecule has 7 heteroatoms. The van der Waals surface area contributed by atoms with Gasteiger partial charge in [-0.15, -0.1) is 0 Å². The van der Waals surface area contributed by atoms with Crippen molar-refractivity contribution in [1.29, 1.82) is 0 Å². The molecule has 1 aromatic heterocycles. The second-order valence-electron chi connectivity index (χ2n) is 5.99. The van der Waals surface area contributed by atoms with Gasteiger partial charge in [0, 0.05) is 29.2 Å². The average molecular weight is 381 g/mol. The van der Waals surface area contributed by atoms with E-state index in [0.717, 1.165) is 0 Å². The van der Waals surface area contributed by atoms with Crippen LogP contribution in [0, 0.1) is 0 Å². The van der Waals surface area contributed by atoms with E-state index in [2.05, 4.69) is 5.32 Å². The molecule has 1 N–H and O–H groups in total. The van der Waals surface area contributed by atoms with Crippen molar-refractivity contribution in [2.24, 2.45) is 0 Å². The summed E-state index contributed by atoms with van der Waals surface area (Å²) in [6.45, 7) is 1.16. The quantitative estimate of drug-likeness (QED) is 0.881. The summed E-state index contributed by atoms with van der Waals surface area (Å²) in [4.78, 5) is 26.2. The average Bonchev–Trinajstić information content (AvgIpc) is 3.13. The lowest BCUT2D eigenvalue weighted by Gasteiger charge is -2.32. The van der Waals surface area contributed by atoms with Gasteiger partial charge in [0.15, 0.2) is 5.76 Å². The summed E-state index contributed by atoms with van der Waals surface area (Å²) in [5.41, 5.74) is 0.633. The van der Waals surface area contributed by atoms with Crippen molar-refractivity contribution in [2.45, 2.75) is 25.3 Å². The first-order chi connectivity index (χ1) is 12.0. The van der Waals surface area contributed by atoms with E-state index in [-0.39, 0.29) is 24.3 Å². The van der Waals surface area contributed by atoms with E-state index in [9.17, 15) is 9.59 Å². The number of likely N-dealkylation sites (tertiary alicyclic amines) is 1. The van der Waals surface area contributed by atoms with Gasteiger partial charge in [0.1, 0.15) is 0 Å². The topological polar surface area (TPSA) is 62.6 Å². The SMILES string of the molecule is O=C(Cc1c(Cl)cccc1Cl)NC1CCN(C(=O)c2ccco2)CC1. The molecule has 0 bridgehead atoms. The smallest absolute Gasteiger partial charge is 0.289 e. The first-order valence-electron chi connectivity index (χ1n) is 8.09. The van der Waals surface area contributed by atoms with E-state index in [0.29, 0.717) is 47.3 Å². The molecule has 0 atom stereocenters. The molecule has 1 saturated heterocycles. The van der Waals surface area contributed by atoms with Crippen LogP contribution in [-0.2, 0) is 11.2 Å². The third kappa shape index (κ3) is 4.35. The molecule has 0 aliphatic carbocycles. The first kappa shape index (κ1) is 17.8. The highest BCUT2D eigenvalue weighted by Gasteiger charge is 2.26. The van der Waals surface area contributed by atoms with Gasteiger partial charge in [0.05, 0.1) is 12.7 Å². The molecule has 25 heavy (non-hydrogen) atoms. The summed E-state index contributed by atoms with van der Waals surface area (Å²) in [5.74, 6) is 0.110. The molecule has 1 aliphatic heterocycles. The van der Waals surface area contributed by atoms with Crippen LogP contribution < -0.4 is 5.32 Å². The molecule has 5 nitrogen and oxygen atoms in total. The maximum atomic E-state index is 12.3. The third-order valence-corrected chi connectivity index (χ3v) is 4.99. The number of amides is 2. The zero-order chi connectivity index (χ0) is 17.8. The van der Waals surface area contributed by atoms with Crippen molar-refractivity contribution < 1.29 is 14.0 Å². The summed E-state index contributed by atoms with van der Waals surface area (Å²) in [5, 5.41) is 3.97. The van der Waals surface area contributed by atoms with Crippen LogP contribution in [0.4, 0.5) is 0 Å². The predicted molar refractivity (Wildman–Crippen MR) is 95.9 cm³/mol. The van der Waals surface area contributed by atoms with Gasteiger partial charge in [0.2, 0.25) is 5.91 Å². The highest BCUT2D eigenvalue weighted by molar-refractivity contribution is 6.36. The summed E-state index contributed by atoms with van der Waals surface area (Å²) < 4.78 is 5.14. The van der Waals surface area contributed by atoms with Crippen molar-refractivity contribution >= 4 is 35.0 Å². The third-order valence-electron chi connectivity index (χ3n) is 4.28. The molecular formula is C18H18Cl2N2O3. The van der Waals surface area contributed by atoms with E-state index in [1.54, 1.807) is 35.2 Å². The molecule has 1 fully saturated rings. The number of nitrogens with one attached hydrogen (secondary N) is 1. The number of hydrogen-bond donors (Lipinski definition) is 1. The summed E-state index contributed by atoms with van der Waals surface area (Å²) >= 11 is 12.2. The van der Waals surface area contributed by atoms with Gasteiger partial charge < -0.3 is 14.6 Å². The number of halogens is 2. The van der Waals surface area contributed by atoms with Gasteiger partial charge in [-0.1, -0.05) is 29.3 Å². The lowest BCUT2D eigenvalue weighted by molar-refractivity contribution is -0.121. The van der Waals surface area contributed by atoms with Crippen LogP contribution in [0.25, 0.3) is 0 Å². The first-order valence-corrected chi connectivity index (χ1v) is 8.85. The standard InChI is InChI=1S/C18H18Cl2N2O3/c19-14-3-1-4-15(20)13(14)11-17(23)21-12-6-8-22(9-7-12)18(24)16-5-2-10-25-16/h1-5,10,12H,6-9,11H2,(H,21,23). The minimum Gasteiger partial charge on any atom is -0.459 e. The zero-order valence-corrected chi connectivity index (χ0v) is 15.0. The number of furan rings is 1. The van der Waals surface area contributed by atoms with Gasteiger partial charge in [-0.3, -0.25) is 9.59 Å². The number of carbonyl (C=O) groups excluding carboxylic acids is 2. The molecular weight excluding hydrogens is 363 g/mol. The summed E-state index contributed by atoms with van der Waals surface area (Å²) in [6.07, 6.45) is 3.03. The maximum Gasteiger partial charge on any atom is 0.289 e. The summed E-state index contributed by atoms with van der Waals surface area (Å²) in [6, 6.07) is 8.57. The normalized spacial score (nSPS) is 15.2. The lowest BCUT2D eigenvalue weighted by atomic mass is 10.0. The molecule has 0 spiro atoms. The fraction of sp³-hybridized carbons (Fsp3) is 0.333. The number of carbonyl (C=O) groups is 2. The van der Waals surface area contributed by atoms with Crippen LogP contribution in [-0.4, -0.2) is 35.8 Å². The van der Waals surface area contributed by atoms with E-state index < -0.39 is 0 Å². The number of rotatable bonds is 4. The zero-order valence-electron chi connectivity index (χ0n) is 13.5. The van der Waals surface area contributed by atoms with Gasteiger partial charge in [0.25, 0.3) is 5.91 Å². The van der Waals surface area contributed by atoms with Crippen molar-refractivity contribution in [2.75, 3.05) is 13.1 Å². The Balaban J connectivity index is 1.50. The Hall–Kier alpha value is -1.98. The van der Waals surface area contributed by atoms with E-state index in [4.69, 9.17) is 27.6 Å². The Kier molecular flexibility index (Phi) is 5.66. The minimum absolute atomic E-state index is 0.0365. The Labute approximate surface area is 155 Å². The molecule has 1 aliphatic rings. The van der Waals surface area contributed by atoms with Crippen molar-refractivity contribution in [3.05, 3.63) is 58.0 Å². The fourth-order valence-electron chi connectivity index (χ4n) is 2.92. The van der Waals surface area contributed by atoms with Crippen LogP contribution in [0.2, 0.25) is 10.0 Å². The minimum atomic E-state index is -0.120. The van der Waals surface area contributed by atoms with Crippen molar-refractivity contribution in [3.8, 4) is 0 Å². The number of nitrogens with zero attached hydrogens (tertiary/aromatic N) is 1. The Morgan fingerprint density at radius 2 is 1.80 bits per heavy atom. The lowest BCUT2D eigenvalue weighted by Crippen LogP contribution is -2.46. The molecule has 3 rings (SSSR count). The van der Waals surface area contributed by atoms with Gasteiger partial charge >= 0.3 is 0 Å². The second kappa shape index (κ2) is 7.93. The molecule has 0 unspecified atom stereocenters. The highest BCUT2D eigenvalue weighted by atomic mass is 35.5. The molecule has 0 saturated carbocycles. The van der Waals surface area contributed by atoms with Gasteiger partial charge in [-0.2, -0.15) is 0 Å². The summed E-state index contributed by atoms with van der Waals surface area (Å²) in [7, 11) is 0. The van der Waals surface area contributed by atoms with Gasteiger partial charge in [-0.05, 0) is 42.7 Å².